The lowest BCUT2D eigenvalue weighted by Crippen LogP contribution is -2.38. The molecule has 1 saturated heterocycles. The standard InChI is InChI=1S/C17H25N3O/c1-13(21)19-12-14-7-10-20(11-8-14)16-6-2-4-15-5-3-9-18-17(15)16/h2,4,6,14,18H,3,5,7-12H2,1H3,(H,19,21). The van der Waals surface area contributed by atoms with E-state index >= 15 is 0 Å². The van der Waals surface area contributed by atoms with Crippen molar-refractivity contribution in [1.29, 1.82) is 0 Å². The molecule has 1 aromatic rings. The van der Waals surface area contributed by atoms with E-state index in [0.29, 0.717) is 5.92 Å². The fraction of sp³-hybridized carbons (Fsp3) is 0.588. The van der Waals surface area contributed by atoms with E-state index in [-0.39, 0.29) is 5.91 Å². The van der Waals surface area contributed by atoms with E-state index in [1.807, 2.05) is 0 Å². The summed E-state index contributed by atoms with van der Waals surface area (Å²) in [6.07, 6.45) is 4.73. The van der Waals surface area contributed by atoms with Gasteiger partial charge in [0.05, 0.1) is 11.4 Å². The van der Waals surface area contributed by atoms with Gasteiger partial charge in [0.1, 0.15) is 0 Å². The molecule has 2 heterocycles. The first-order valence-corrected chi connectivity index (χ1v) is 8.09. The number of hydrogen-bond acceptors (Lipinski definition) is 3. The maximum Gasteiger partial charge on any atom is 0.216 e. The predicted octanol–water partition coefficient (Wildman–Crippen LogP) is 2.40. The highest BCUT2D eigenvalue weighted by molar-refractivity contribution is 5.75. The number of amides is 1. The second-order valence-electron chi connectivity index (χ2n) is 6.21. The van der Waals surface area contributed by atoms with E-state index in [4.69, 9.17) is 0 Å². The van der Waals surface area contributed by atoms with Crippen molar-refractivity contribution in [3.05, 3.63) is 23.8 Å². The smallest absolute Gasteiger partial charge is 0.216 e. The van der Waals surface area contributed by atoms with Crippen LogP contribution in [0.15, 0.2) is 18.2 Å². The number of piperidine rings is 1. The molecule has 4 heteroatoms. The number of para-hydroxylation sites is 1. The van der Waals surface area contributed by atoms with Crippen LogP contribution in [0.4, 0.5) is 11.4 Å². The van der Waals surface area contributed by atoms with Crippen molar-refractivity contribution >= 4 is 17.3 Å². The summed E-state index contributed by atoms with van der Waals surface area (Å²) in [4.78, 5) is 13.5. The van der Waals surface area contributed by atoms with E-state index in [0.717, 1.165) is 39.0 Å². The second kappa shape index (κ2) is 6.37. The Labute approximate surface area is 126 Å². The first kappa shape index (κ1) is 14.2. The van der Waals surface area contributed by atoms with Crippen LogP contribution >= 0.6 is 0 Å². The topological polar surface area (TPSA) is 44.4 Å². The molecule has 0 spiro atoms. The lowest BCUT2D eigenvalue weighted by molar-refractivity contribution is -0.119. The summed E-state index contributed by atoms with van der Waals surface area (Å²) in [7, 11) is 0. The first-order valence-electron chi connectivity index (χ1n) is 8.09. The molecule has 0 aromatic heterocycles. The number of fused-ring (bicyclic) bond motifs is 1. The summed E-state index contributed by atoms with van der Waals surface area (Å²) < 4.78 is 0. The maximum absolute atomic E-state index is 11.0. The molecule has 21 heavy (non-hydrogen) atoms. The second-order valence-corrected chi connectivity index (χ2v) is 6.21. The molecule has 0 atom stereocenters. The number of benzene rings is 1. The molecule has 114 valence electrons. The van der Waals surface area contributed by atoms with Gasteiger partial charge in [-0.15, -0.1) is 0 Å². The van der Waals surface area contributed by atoms with Gasteiger partial charge in [0.25, 0.3) is 0 Å². The normalized spacial score (nSPS) is 18.8. The molecule has 3 rings (SSSR count). The number of nitrogens with one attached hydrogen (secondary N) is 2. The SMILES string of the molecule is CC(=O)NCC1CCN(c2cccc3c2NCCC3)CC1. The molecule has 4 nitrogen and oxygen atoms in total. The summed E-state index contributed by atoms with van der Waals surface area (Å²) in [6, 6.07) is 6.67. The lowest BCUT2D eigenvalue weighted by Gasteiger charge is -2.36. The molecule has 0 bridgehead atoms. The molecule has 2 aliphatic heterocycles. The molecule has 1 fully saturated rings. The van der Waals surface area contributed by atoms with Crippen molar-refractivity contribution < 1.29 is 4.79 Å². The van der Waals surface area contributed by atoms with Gasteiger partial charge < -0.3 is 15.5 Å². The van der Waals surface area contributed by atoms with Crippen LogP contribution in [0.1, 0.15) is 31.7 Å². The summed E-state index contributed by atoms with van der Waals surface area (Å²) in [6.45, 7) is 5.68. The van der Waals surface area contributed by atoms with Gasteiger partial charge in [-0.25, -0.2) is 0 Å². The minimum absolute atomic E-state index is 0.0822. The van der Waals surface area contributed by atoms with Crippen LogP contribution in [0.5, 0.6) is 0 Å². The molecule has 0 radical (unpaired) electrons. The molecular formula is C17H25N3O. The minimum Gasteiger partial charge on any atom is -0.383 e. The zero-order chi connectivity index (χ0) is 14.7. The third kappa shape index (κ3) is 3.31. The van der Waals surface area contributed by atoms with Gasteiger partial charge >= 0.3 is 0 Å². The van der Waals surface area contributed by atoms with E-state index < -0.39 is 0 Å². The predicted molar refractivity (Wildman–Crippen MR) is 86.9 cm³/mol. The molecule has 1 aromatic carbocycles. The largest absolute Gasteiger partial charge is 0.383 e. The third-order valence-corrected chi connectivity index (χ3v) is 4.65. The molecule has 0 aliphatic carbocycles. The number of rotatable bonds is 3. The van der Waals surface area contributed by atoms with Crippen molar-refractivity contribution in [2.45, 2.75) is 32.6 Å². The van der Waals surface area contributed by atoms with Gasteiger partial charge in [0, 0.05) is 33.1 Å². The third-order valence-electron chi connectivity index (χ3n) is 4.65. The zero-order valence-corrected chi connectivity index (χ0v) is 12.8. The molecular weight excluding hydrogens is 262 g/mol. The van der Waals surface area contributed by atoms with Crippen LogP contribution < -0.4 is 15.5 Å². The first-order chi connectivity index (χ1) is 10.2. The Morgan fingerprint density at radius 1 is 1.38 bits per heavy atom. The fourth-order valence-corrected chi connectivity index (χ4v) is 3.42. The van der Waals surface area contributed by atoms with Gasteiger partial charge in [0.2, 0.25) is 5.91 Å². The fourth-order valence-electron chi connectivity index (χ4n) is 3.42. The van der Waals surface area contributed by atoms with Crippen LogP contribution in [-0.2, 0) is 11.2 Å². The lowest BCUT2D eigenvalue weighted by atomic mass is 9.95. The van der Waals surface area contributed by atoms with Gasteiger partial charge in [0.15, 0.2) is 0 Å². The monoisotopic (exact) mass is 287 g/mol. The average Bonchev–Trinajstić information content (AvgIpc) is 2.53. The Kier molecular flexibility index (Phi) is 4.32. The van der Waals surface area contributed by atoms with Gasteiger partial charge in [-0.2, -0.15) is 0 Å². The van der Waals surface area contributed by atoms with Gasteiger partial charge in [-0.05, 0) is 43.2 Å². The summed E-state index contributed by atoms with van der Waals surface area (Å²) in [5.41, 5.74) is 4.17. The van der Waals surface area contributed by atoms with Crippen LogP contribution in [-0.4, -0.2) is 32.1 Å². The Morgan fingerprint density at radius 3 is 2.95 bits per heavy atom. The van der Waals surface area contributed by atoms with Crippen LogP contribution in [0.25, 0.3) is 0 Å². The van der Waals surface area contributed by atoms with Crippen molar-refractivity contribution in [2.75, 3.05) is 36.4 Å². The Hall–Kier alpha value is -1.71. The highest BCUT2D eigenvalue weighted by atomic mass is 16.1. The number of aryl methyl sites for hydroxylation is 1. The molecule has 2 N–H and O–H groups in total. The quantitative estimate of drug-likeness (QED) is 0.897. The van der Waals surface area contributed by atoms with E-state index in [1.54, 1.807) is 6.92 Å². The highest BCUT2D eigenvalue weighted by Gasteiger charge is 2.22. The molecule has 1 amide bonds. The van der Waals surface area contributed by atoms with E-state index in [1.165, 1.54) is 29.8 Å². The maximum atomic E-state index is 11.0. The summed E-state index contributed by atoms with van der Waals surface area (Å²) in [5, 5.41) is 6.53. The average molecular weight is 287 g/mol. The van der Waals surface area contributed by atoms with Crippen LogP contribution in [0, 0.1) is 5.92 Å². The Bertz CT molecular complexity index is 507. The van der Waals surface area contributed by atoms with Crippen molar-refractivity contribution in [1.82, 2.24) is 5.32 Å². The number of anilines is 2. The Balaban J connectivity index is 1.63. The summed E-state index contributed by atoms with van der Waals surface area (Å²) in [5.74, 6) is 0.705. The molecule has 0 saturated carbocycles. The number of carbonyl (C=O) groups is 1. The number of carbonyl (C=O) groups excluding carboxylic acids is 1. The van der Waals surface area contributed by atoms with Crippen LogP contribution in [0.2, 0.25) is 0 Å². The van der Waals surface area contributed by atoms with Gasteiger partial charge in [-0.3, -0.25) is 4.79 Å². The minimum atomic E-state index is 0.0822. The molecule has 0 unspecified atom stereocenters. The zero-order valence-electron chi connectivity index (χ0n) is 12.8. The number of nitrogens with zero attached hydrogens (tertiary/aromatic N) is 1. The van der Waals surface area contributed by atoms with E-state index in [2.05, 4.69) is 33.7 Å². The van der Waals surface area contributed by atoms with Crippen LogP contribution in [0.3, 0.4) is 0 Å². The Morgan fingerprint density at radius 2 is 2.19 bits per heavy atom. The van der Waals surface area contributed by atoms with Crippen molar-refractivity contribution in [3.8, 4) is 0 Å². The van der Waals surface area contributed by atoms with Gasteiger partial charge in [-0.1, -0.05) is 12.1 Å². The molecule has 2 aliphatic rings. The van der Waals surface area contributed by atoms with Crippen molar-refractivity contribution in [3.63, 3.8) is 0 Å². The summed E-state index contributed by atoms with van der Waals surface area (Å²) >= 11 is 0. The number of hydrogen-bond donors (Lipinski definition) is 2. The highest BCUT2D eigenvalue weighted by Crippen LogP contribution is 2.34. The van der Waals surface area contributed by atoms with E-state index in [9.17, 15) is 4.79 Å². The van der Waals surface area contributed by atoms with Crippen molar-refractivity contribution in [2.24, 2.45) is 5.92 Å².